The summed E-state index contributed by atoms with van der Waals surface area (Å²) in [4.78, 5) is 30.6. The van der Waals surface area contributed by atoms with Crippen molar-refractivity contribution < 1.29 is 33.7 Å². The SMILES string of the molecule is C=CC(=O)OCC(CC)CCCC.C=CC(=O)OCCO.C=COC(C)=O. The molecule has 0 aliphatic carbocycles. The van der Waals surface area contributed by atoms with Crippen LogP contribution in [-0.2, 0) is 28.6 Å². The predicted octanol–water partition coefficient (Wildman–Crippen LogP) is 3.33. The highest BCUT2D eigenvalue weighted by Gasteiger charge is 2.07. The predicted molar refractivity (Wildman–Crippen MR) is 105 cm³/mol. The minimum atomic E-state index is -0.501. The summed E-state index contributed by atoms with van der Waals surface area (Å²) in [6, 6.07) is 0. The molecule has 0 heterocycles. The monoisotopic (exact) mass is 386 g/mol. The molecule has 27 heavy (non-hydrogen) atoms. The molecule has 0 bridgehead atoms. The lowest BCUT2D eigenvalue weighted by atomic mass is 10.0. The lowest BCUT2D eigenvalue weighted by molar-refractivity contribution is -0.139. The van der Waals surface area contributed by atoms with Crippen molar-refractivity contribution in [2.24, 2.45) is 5.92 Å². The molecule has 0 saturated heterocycles. The van der Waals surface area contributed by atoms with Crippen LogP contribution in [0.15, 0.2) is 38.2 Å². The lowest BCUT2D eigenvalue weighted by Crippen LogP contribution is -2.12. The summed E-state index contributed by atoms with van der Waals surface area (Å²) in [5.41, 5.74) is 0. The third-order valence-corrected chi connectivity index (χ3v) is 2.92. The van der Waals surface area contributed by atoms with Gasteiger partial charge in [-0.3, -0.25) is 4.79 Å². The maximum atomic E-state index is 10.8. The van der Waals surface area contributed by atoms with E-state index in [1.54, 1.807) is 0 Å². The number of unbranched alkanes of at least 4 members (excludes halogenated alkanes) is 1. The fourth-order valence-corrected chi connectivity index (χ4v) is 1.48. The summed E-state index contributed by atoms with van der Waals surface area (Å²) in [6.07, 6.45) is 8.00. The smallest absolute Gasteiger partial charge is 0.330 e. The Balaban J connectivity index is -0.000000351. The first-order valence-corrected chi connectivity index (χ1v) is 8.80. The van der Waals surface area contributed by atoms with Crippen LogP contribution in [0.3, 0.4) is 0 Å². The van der Waals surface area contributed by atoms with E-state index in [4.69, 9.17) is 9.84 Å². The number of carbonyl (C=O) groups excluding carboxylic acids is 3. The highest BCUT2D eigenvalue weighted by Crippen LogP contribution is 2.12. The van der Waals surface area contributed by atoms with Crippen LogP contribution in [0.1, 0.15) is 46.5 Å². The molecule has 7 nitrogen and oxygen atoms in total. The molecule has 0 aromatic carbocycles. The van der Waals surface area contributed by atoms with Crippen molar-refractivity contribution in [1.29, 1.82) is 0 Å². The number of rotatable bonds is 11. The Morgan fingerprint density at radius 2 is 1.59 bits per heavy atom. The topological polar surface area (TPSA) is 99.1 Å². The van der Waals surface area contributed by atoms with Crippen LogP contribution in [0.4, 0.5) is 0 Å². The third kappa shape index (κ3) is 28.7. The van der Waals surface area contributed by atoms with E-state index >= 15 is 0 Å². The third-order valence-electron chi connectivity index (χ3n) is 2.92. The van der Waals surface area contributed by atoms with E-state index in [2.05, 4.69) is 43.1 Å². The summed E-state index contributed by atoms with van der Waals surface area (Å²) in [6.45, 7) is 15.7. The fourth-order valence-electron chi connectivity index (χ4n) is 1.48. The van der Waals surface area contributed by atoms with Gasteiger partial charge in [-0.2, -0.15) is 0 Å². The van der Waals surface area contributed by atoms with E-state index in [0.717, 1.165) is 25.2 Å². The van der Waals surface area contributed by atoms with Crippen molar-refractivity contribution in [3.8, 4) is 0 Å². The molecular weight excluding hydrogens is 352 g/mol. The number of ether oxygens (including phenoxy) is 3. The van der Waals surface area contributed by atoms with Gasteiger partial charge in [0.2, 0.25) is 0 Å². The van der Waals surface area contributed by atoms with E-state index < -0.39 is 5.97 Å². The van der Waals surface area contributed by atoms with E-state index in [1.165, 1.54) is 25.8 Å². The number of esters is 3. The van der Waals surface area contributed by atoms with Gasteiger partial charge in [0.15, 0.2) is 0 Å². The van der Waals surface area contributed by atoms with E-state index in [1.807, 2.05) is 0 Å². The first-order valence-electron chi connectivity index (χ1n) is 8.80. The molecule has 156 valence electrons. The van der Waals surface area contributed by atoms with Gasteiger partial charge in [0.25, 0.3) is 0 Å². The zero-order valence-electron chi connectivity index (χ0n) is 16.8. The first-order chi connectivity index (χ1) is 12.8. The summed E-state index contributed by atoms with van der Waals surface area (Å²) in [7, 11) is 0. The molecule has 0 rings (SSSR count). The largest absolute Gasteiger partial charge is 0.462 e. The van der Waals surface area contributed by atoms with Crippen LogP contribution >= 0.6 is 0 Å². The van der Waals surface area contributed by atoms with Gasteiger partial charge >= 0.3 is 17.9 Å². The molecule has 1 unspecified atom stereocenters. The summed E-state index contributed by atoms with van der Waals surface area (Å²) in [5.74, 6) is -0.622. The molecule has 0 aromatic heterocycles. The fraction of sp³-hybridized carbons (Fsp3) is 0.550. The second-order valence-electron chi connectivity index (χ2n) is 5.12. The molecule has 0 aliphatic rings. The van der Waals surface area contributed by atoms with Crippen LogP contribution in [0, 0.1) is 5.92 Å². The second kappa shape index (κ2) is 23.6. The van der Waals surface area contributed by atoms with Gasteiger partial charge in [-0.05, 0) is 12.3 Å². The number of hydrogen-bond acceptors (Lipinski definition) is 7. The molecule has 1 N–H and O–H groups in total. The summed E-state index contributed by atoms with van der Waals surface area (Å²) < 4.78 is 13.5. The quantitative estimate of drug-likeness (QED) is 0.252. The normalized spacial score (nSPS) is 9.78. The Labute approximate surface area is 162 Å². The Morgan fingerprint density at radius 3 is 1.93 bits per heavy atom. The average molecular weight is 386 g/mol. The molecule has 0 radical (unpaired) electrons. The van der Waals surface area contributed by atoms with E-state index in [0.29, 0.717) is 12.5 Å². The van der Waals surface area contributed by atoms with Gasteiger partial charge in [-0.1, -0.05) is 52.8 Å². The van der Waals surface area contributed by atoms with Gasteiger partial charge in [0.05, 0.1) is 19.5 Å². The van der Waals surface area contributed by atoms with Crippen molar-refractivity contribution >= 4 is 17.9 Å². The van der Waals surface area contributed by atoms with E-state index in [9.17, 15) is 14.4 Å². The Kier molecular flexibility index (Phi) is 25.6. The molecule has 0 saturated carbocycles. The highest BCUT2D eigenvalue weighted by atomic mass is 16.5. The van der Waals surface area contributed by atoms with E-state index in [-0.39, 0.29) is 25.2 Å². The summed E-state index contributed by atoms with van der Waals surface area (Å²) >= 11 is 0. The average Bonchev–Trinajstić information content (AvgIpc) is 2.66. The number of carbonyl (C=O) groups is 3. The zero-order valence-corrected chi connectivity index (χ0v) is 16.8. The van der Waals surface area contributed by atoms with Gasteiger partial charge in [-0.15, -0.1) is 0 Å². The van der Waals surface area contributed by atoms with Crippen molar-refractivity contribution in [2.45, 2.75) is 46.5 Å². The highest BCUT2D eigenvalue weighted by molar-refractivity contribution is 5.81. The van der Waals surface area contributed by atoms with Gasteiger partial charge in [0, 0.05) is 19.1 Å². The van der Waals surface area contributed by atoms with Crippen LogP contribution in [0.25, 0.3) is 0 Å². The van der Waals surface area contributed by atoms with Crippen molar-refractivity contribution in [3.05, 3.63) is 38.2 Å². The lowest BCUT2D eigenvalue weighted by Gasteiger charge is -2.13. The molecule has 0 spiro atoms. The van der Waals surface area contributed by atoms with Crippen molar-refractivity contribution in [3.63, 3.8) is 0 Å². The van der Waals surface area contributed by atoms with Gasteiger partial charge < -0.3 is 19.3 Å². The molecular formula is C20H34O7. The number of hydrogen-bond donors (Lipinski definition) is 1. The van der Waals surface area contributed by atoms with Gasteiger partial charge in [-0.25, -0.2) is 9.59 Å². The Bertz CT molecular complexity index is 430. The summed E-state index contributed by atoms with van der Waals surface area (Å²) in [5, 5.41) is 8.10. The maximum Gasteiger partial charge on any atom is 0.330 e. The van der Waals surface area contributed by atoms with Gasteiger partial charge in [0.1, 0.15) is 6.61 Å². The minimum absolute atomic E-state index is 0.0465. The maximum absolute atomic E-state index is 10.8. The number of aliphatic hydroxyl groups is 1. The van der Waals surface area contributed by atoms with Crippen LogP contribution in [-0.4, -0.2) is 42.8 Å². The standard InChI is InChI=1S/C11H20O2.C5H8O3.C4H6O2/c1-4-7-8-10(5-2)9-13-11(12)6-3;1-2-5(7)8-4-3-6;1-3-6-4(2)5/h6,10H,3-5,7-9H2,1-2H3;2,6H,1,3-4H2;3H,1H2,2H3. The molecule has 0 aromatic rings. The van der Waals surface area contributed by atoms with Crippen LogP contribution in [0.5, 0.6) is 0 Å². The Hall–Kier alpha value is -2.41. The molecule has 1 atom stereocenters. The Morgan fingerprint density at radius 1 is 1.04 bits per heavy atom. The zero-order chi connectivity index (χ0) is 21.5. The van der Waals surface area contributed by atoms with Crippen LogP contribution in [0.2, 0.25) is 0 Å². The molecule has 0 amide bonds. The minimum Gasteiger partial charge on any atom is -0.462 e. The van der Waals surface area contributed by atoms with Crippen molar-refractivity contribution in [2.75, 3.05) is 19.8 Å². The number of aliphatic hydroxyl groups excluding tert-OH is 1. The second-order valence-corrected chi connectivity index (χ2v) is 5.12. The van der Waals surface area contributed by atoms with Crippen molar-refractivity contribution in [1.82, 2.24) is 0 Å². The van der Waals surface area contributed by atoms with Crippen LogP contribution < -0.4 is 0 Å². The first kappa shape index (κ1) is 29.4. The molecule has 0 aliphatic heterocycles. The molecule has 0 fully saturated rings. The molecule has 7 heteroatoms.